The lowest BCUT2D eigenvalue weighted by Gasteiger charge is -2.22. The summed E-state index contributed by atoms with van der Waals surface area (Å²) >= 11 is 5.99. The molecule has 0 amide bonds. The van der Waals surface area contributed by atoms with E-state index < -0.39 is 5.97 Å². The molecule has 0 radical (unpaired) electrons. The van der Waals surface area contributed by atoms with Gasteiger partial charge in [0, 0.05) is 12.2 Å². The minimum atomic E-state index is -1.01. The lowest BCUT2D eigenvalue weighted by Crippen LogP contribution is -2.05. The van der Waals surface area contributed by atoms with Crippen LogP contribution in [0.3, 0.4) is 0 Å². The Kier molecular flexibility index (Phi) is 5.41. The summed E-state index contributed by atoms with van der Waals surface area (Å²) in [4.78, 5) is 11.0. The van der Waals surface area contributed by atoms with Gasteiger partial charge < -0.3 is 10.4 Å². The Morgan fingerprint density at radius 1 is 1.08 bits per heavy atom. The molecule has 0 aliphatic heterocycles. The number of aromatic carboxylic acids is 1. The smallest absolute Gasteiger partial charge is 0.337 e. The van der Waals surface area contributed by atoms with E-state index in [-0.39, 0.29) is 10.6 Å². The second-order valence-corrected chi connectivity index (χ2v) is 6.84. The molecular formula is C20H22ClNO2. The topological polar surface area (TPSA) is 49.3 Å². The first-order valence-corrected chi connectivity index (χ1v) is 8.87. The standard InChI is InChI=1S/C20H22ClNO2/c21-19-12-17(10-11-18(19)20(23)24)22-13-14-6-8-16(9-7-14)15-4-2-1-3-5-15/h6-12,15,22H,1-5,13H2,(H,23,24). The van der Waals surface area contributed by atoms with Gasteiger partial charge in [-0.15, -0.1) is 0 Å². The Labute approximate surface area is 147 Å². The van der Waals surface area contributed by atoms with Gasteiger partial charge in [-0.1, -0.05) is 55.1 Å². The Hall–Kier alpha value is -2.00. The van der Waals surface area contributed by atoms with Crippen molar-refractivity contribution in [3.05, 3.63) is 64.2 Å². The summed E-state index contributed by atoms with van der Waals surface area (Å²) in [6.45, 7) is 0.688. The highest BCUT2D eigenvalue weighted by Gasteiger charge is 2.15. The van der Waals surface area contributed by atoms with E-state index in [0.29, 0.717) is 6.54 Å². The highest BCUT2D eigenvalue weighted by atomic mass is 35.5. The molecule has 4 heteroatoms. The summed E-state index contributed by atoms with van der Waals surface area (Å²) in [6.07, 6.45) is 6.70. The summed E-state index contributed by atoms with van der Waals surface area (Å²) in [6, 6.07) is 13.8. The van der Waals surface area contributed by atoms with Crippen LogP contribution in [0, 0.1) is 0 Å². The lowest BCUT2D eigenvalue weighted by molar-refractivity contribution is 0.0697. The number of nitrogens with one attached hydrogen (secondary N) is 1. The van der Waals surface area contributed by atoms with Gasteiger partial charge in [0.2, 0.25) is 0 Å². The fraction of sp³-hybridized carbons (Fsp3) is 0.350. The summed E-state index contributed by atoms with van der Waals surface area (Å²) in [7, 11) is 0. The van der Waals surface area contributed by atoms with Crippen LogP contribution in [0.5, 0.6) is 0 Å². The van der Waals surface area contributed by atoms with Crippen molar-refractivity contribution in [2.75, 3.05) is 5.32 Å². The Balaban J connectivity index is 1.60. The molecule has 0 spiro atoms. The van der Waals surface area contributed by atoms with Gasteiger partial charge in [0.15, 0.2) is 0 Å². The fourth-order valence-corrected chi connectivity index (χ4v) is 3.61. The van der Waals surface area contributed by atoms with Gasteiger partial charge in [0.25, 0.3) is 0 Å². The molecule has 1 aliphatic carbocycles. The maximum absolute atomic E-state index is 11.0. The summed E-state index contributed by atoms with van der Waals surface area (Å²) < 4.78 is 0. The number of hydrogen-bond donors (Lipinski definition) is 2. The third kappa shape index (κ3) is 4.09. The molecule has 24 heavy (non-hydrogen) atoms. The second kappa shape index (κ2) is 7.71. The van der Waals surface area contributed by atoms with Crippen LogP contribution in [-0.2, 0) is 6.54 Å². The molecule has 0 heterocycles. The molecule has 3 nitrogen and oxygen atoms in total. The van der Waals surface area contributed by atoms with Gasteiger partial charge >= 0.3 is 5.97 Å². The molecular weight excluding hydrogens is 322 g/mol. The number of carbonyl (C=O) groups is 1. The molecule has 0 unspecified atom stereocenters. The average molecular weight is 344 g/mol. The normalized spacial score (nSPS) is 15.2. The largest absolute Gasteiger partial charge is 0.478 e. The highest BCUT2D eigenvalue weighted by molar-refractivity contribution is 6.33. The van der Waals surface area contributed by atoms with Crippen LogP contribution in [0.2, 0.25) is 5.02 Å². The zero-order valence-corrected chi connectivity index (χ0v) is 14.4. The van der Waals surface area contributed by atoms with Gasteiger partial charge in [-0.3, -0.25) is 0 Å². The van der Waals surface area contributed by atoms with E-state index >= 15 is 0 Å². The number of carboxylic acid groups (broad SMARTS) is 1. The van der Waals surface area contributed by atoms with Gasteiger partial charge in [-0.2, -0.15) is 0 Å². The molecule has 0 atom stereocenters. The summed E-state index contributed by atoms with van der Waals surface area (Å²) in [5.74, 6) is -0.284. The second-order valence-electron chi connectivity index (χ2n) is 6.43. The maximum Gasteiger partial charge on any atom is 0.337 e. The van der Waals surface area contributed by atoms with Crippen LogP contribution < -0.4 is 5.32 Å². The average Bonchev–Trinajstić information content (AvgIpc) is 2.61. The SMILES string of the molecule is O=C(O)c1ccc(NCc2ccc(C3CCCCC3)cc2)cc1Cl. The monoisotopic (exact) mass is 343 g/mol. The van der Waals surface area contributed by atoms with Gasteiger partial charge in [0.05, 0.1) is 10.6 Å². The van der Waals surface area contributed by atoms with Crippen LogP contribution in [-0.4, -0.2) is 11.1 Å². The molecule has 1 aliphatic rings. The van der Waals surface area contributed by atoms with E-state index in [4.69, 9.17) is 16.7 Å². The van der Waals surface area contributed by atoms with Crippen LogP contribution in [0.15, 0.2) is 42.5 Å². The van der Waals surface area contributed by atoms with Crippen molar-refractivity contribution < 1.29 is 9.90 Å². The van der Waals surface area contributed by atoms with Crippen molar-refractivity contribution >= 4 is 23.3 Å². The first kappa shape index (κ1) is 16.8. The number of benzene rings is 2. The number of rotatable bonds is 5. The zero-order chi connectivity index (χ0) is 16.9. The molecule has 2 aromatic carbocycles. The van der Waals surface area contributed by atoms with Crippen molar-refractivity contribution in [2.45, 2.75) is 44.6 Å². The summed E-state index contributed by atoms with van der Waals surface area (Å²) in [5.41, 5.74) is 3.60. The zero-order valence-electron chi connectivity index (χ0n) is 13.6. The molecule has 2 aromatic rings. The van der Waals surface area contributed by atoms with E-state index in [1.165, 1.54) is 49.3 Å². The van der Waals surface area contributed by atoms with Crippen LogP contribution in [0.4, 0.5) is 5.69 Å². The molecule has 126 valence electrons. The third-order valence-corrected chi connectivity index (χ3v) is 5.07. The number of hydrogen-bond acceptors (Lipinski definition) is 2. The number of carboxylic acids is 1. The van der Waals surface area contributed by atoms with Crippen molar-refractivity contribution in [1.29, 1.82) is 0 Å². The van der Waals surface area contributed by atoms with Crippen LogP contribution >= 0.6 is 11.6 Å². The molecule has 0 bridgehead atoms. The van der Waals surface area contributed by atoms with E-state index in [2.05, 4.69) is 29.6 Å². The Morgan fingerprint density at radius 2 is 1.79 bits per heavy atom. The third-order valence-electron chi connectivity index (χ3n) is 4.75. The molecule has 0 aromatic heterocycles. The molecule has 3 rings (SSSR count). The van der Waals surface area contributed by atoms with Crippen LogP contribution in [0.25, 0.3) is 0 Å². The van der Waals surface area contributed by atoms with Gasteiger partial charge in [-0.25, -0.2) is 4.79 Å². The summed E-state index contributed by atoms with van der Waals surface area (Å²) in [5, 5.41) is 12.5. The van der Waals surface area contributed by atoms with Crippen molar-refractivity contribution in [1.82, 2.24) is 0 Å². The van der Waals surface area contributed by atoms with Crippen LogP contribution in [0.1, 0.15) is 59.5 Å². The lowest BCUT2D eigenvalue weighted by atomic mass is 9.84. The fourth-order valence-electron chi connectivity index (χ4n) is 3.35. The van der Waals surface area contributed by atoms with Crippen molar-refractivity contribution in [3.63, 3.8) is 0 Å². The van der Waals surface area contributed by atoms with E-state index in [9.17, 15) is 4.79 Å². The predicted octanol–water partition coefficient (Wildman–Crippen LogP) is 5.70. The minimum Gasteiger partial charge on any atom is -0.478 e. The van der Waals surface area contributed by atoms with Crippen molar-refractivity contribution in [2.24, 2.45) is 0 Å². The van der Waals surface area contributed by atoms with E-state index in [1.807, 2.05) is 0 Å². The van der Waals surface area contributed by atoms with E-state index in [0.717, 1.165) is 11.6 Å². The molecule has 1 fully saturated rings. The Bertz CT molecular complexity index is 706. The maximum atomic E-state index is 11.0. The predicted molar refractivity (Wildman–Crippen MR) is 98.0 cm³/mol. The first-order valence-electron chi connectivity index (χ1n) is 8.49. The molecule has 0 saturated heterocycles. The molecule has 1 saturated carbocycles. The minimum absolute atomic E-state index is 0.124. The van der Waals surface area contributed by atoms with Crippen molar-refractivity contribution in [3.8, 4) is 0 Å². The highest BCUT2D eigenvalue weighted by Crippen LogP contribution is 2.32. The Morgan fingerprint density at radius 3 is 2.42 bits per heavy atom. The number of halogens is 1. The number of anilines is 1. The first-order chi connectivity index (χ1) is 11.6. The quantitative estimate of drug-likeness (QED) is 0.732. The van der Waals surface area contributed by atoms with E-state index in [1.54, 1.807) is 12.1 Å². The molecule has 2 N–H and O–H groups in total. The van der Waals surface area contributed by atoms with Gasteiger partial charge in [0.1, 0.15) is 0 Å². The van der Waals surface area contributed by atoms with Gasteiger partial charge in [-0.05, 0) is 48.1 Å².